The minimum Gasteiger partial charge on any atom is -0.459 e. The number of aromatic nitrogens is 1. The first-order valence-corrected chi connectivity index (χ1v) is 8.38. The molecular weight excluding hydrogens is 320 g/mol. The fourth-order valence-electron chi connectivity index (χ4n) is 2.89. The van der Waals surface area contributed by atoms with Crippen molar-refractivity contribution >= 4 is 11.8 Å². The van der Waals surface area contributed by atoms with Crippen molar-refractivity contribution in [2.24, 2.45) is 0 Å². The maximum atomic E-state index is 12.5. The molecule has 2 aromatic rings. The second-order valence-corrected chi connectivity index (χ2v) is 6.14. The number of piperazine rings is 1. The lowest BCUT2D eigenvalue weighted by molar-refractivity contribution is -0.134. The number of amides is 2. The number of pyridine rings is 1. The Morgan fingerprint density at radius 2 is 2.04 bits per heavy atom. The van der Waals surface area contributed by atoms with Crippen molar-refractivity contribution in [3.63, 3.8) is 0 Å². The van der Waals surface area contributed by atoms with Gasteiger partial charge >= 0.3 is 0 Å². The summed E-state index contributed by atoms with van der Waals surface area (Å²) in [5.74, 6) is -0.233. The van der Waals surface area contributed by atoms with Gasteiger partial charge in [-0.3, -0.25) is 19.5 Å². The van der Waals surface area contributed by atoms with Crippen molar-refractivity contribution in [3.8, 4) is 0 Å². The van der Waals surface area contributed by atoms with Gasteiger partial charge in [-0.1, -0.05) is 6.07 Å². The average Bonchev–Trinajstić information content (AvgIpc) is 3.17. The minimum absolute atomic E-state index is 0.0686. The van der Waals surface area contributed by atoms with Gasteiger partial charge in [-0.2, -0.15) is 0 Å². The van der Waals surface area contributed by atoms with Gasteiger partial charge in [0.05, 0.1) is 6.26 Å². The third-order valence-electron chi connectivity index (χ3n) is 4.28. The Hall–Kier alpha value is -2.67. The lowest BCUT2D eigenvalue weighted by Crippen LogP contribution is -2.53. The largest absolute Gasteiger partial charge is 0.459 e. The van der Waals surface area contributed by atoms with Crippen LogP contribution in [0.5, 0.6) is 0 Å². The zero-order chi connectivity index (χ0) is 17.6. The van der Waals surface area contributed by atoms with Gasteiger partial charge in [0, 0.05) is 45.1 Å². The van der Waals surface area contributed by atoms with Gasteiger partial charge in [0.15, 0.2) is 5.76 Å². The Bertz CT molecular complexity index is 694. The van der Waals surface area contributed by atoms with Crippen LogP contribution in [-0.4, -0.2) is 58.8 Å². The monoisotopic (exact) mass is 342 g/mol. The van der Waals surface area contributed by atoms with E-state index in [0.29, 0.717) is 13.1 Å². The molecule has 1 N–H and O–H groups in total. The molecule has 132 valence electrons. The van der Waals surface area contributed by atoms with Gasteiger partial charge in [0.2, 0.25) is 5.91 Å². The van der Waals surface area contributed by atoms with E-state index in [-0.39, 0.29) is 17.6 Å². The Balaban J connectivity index is 1.47. The molecule has 7 nitrogen and oxygen atoms in total. The predicted octanol–water partition coefficient (Wildman–Crippen LogP) is 1.14. The van der Waals surface area contributed by atoms with E-state index < -0.39 is 6.04 Å². The molecule has 2 amide bonds. The summed E-state index contributed by atoms with van der Waals surface area (Å²) in [5, 5.41) is 2.68. The highest BCUT2D eigenvalue weighted by Crippen LogP contribution is 2.09. The van der Waals surface area contributed by atoms with E-state index in [9.17, 15) is 9.59 Å². The van der Waals surface area contributed by atoms with E-state index in [0.717, 1.165) is 19.6 Å². The van der Waals surface area contributed by atoms with E-state index in [4.69, 9.17) is 4.42 Å². The van der Waals surface area contributed by atoms with Gasteiger partial charge in [-0.15, -0.1) is 0 Å². The summed E-state index contributed by atoms with van der Waals surface area (Å²) in [6.45, 7) is 5.45. The fraction of sp³-hybridized carbons (Fsp3) is 0.389. The number of furan rings is 1. The molecule has 1 saturated heterocycles. The highest BCUT2D eigenvalue weighted by molar-refractivity contribution is 5.95. The maximum absolute atomic E-state index is 12.5. The molecule has 0 aliphatic carbocycles. The highest BCUT2D eigenvalue weighted by atomic mass is 16.3. The normalized spacial score (nSPS) is 16.4. The molecule has 7 heteroatoms. The molecule has 0 radical (unpaired) electrons. The van der Waals surface area contributed by atoms with Crippen LogP contribution >= 0.6 is 0 Å². The van der Waals surface area contributed by atoms with Crippen LogP contribution in [0.4, 0.5) is 0 Å². The quantitative estimate of drug-likeness (QED) is 0.881. The summed E-state index contributed by atoms with van der Waals surface area (Å²) in [6, 6.07) is 6.62. The minimum atomic E-state index is -0.581. The molecule has 1 aliphatic rings. The molecule has 3 heterocycles. The van der Waals surface area contributed by atoms with Crippen molar-refractivity contribution in [1.82, 2.24) is 20.1 Å². The summed E-state index contributed by atoms with van der Waals surface area (Å²) >= 11 is 0. The molecular formula is C18H22N4O3. The Morgan fingerprint density at radius 1 is 1.24 bits per heavy atom. The average molecular weight is 342 g/mol. The third kappa shape index (κ3) is 4.45. The Kier molecular flexibility index (Phi) is 5.45. The highest BCUT2D eigenvalue weighted by Gasteiger charge is 2.26. The standard InChI is InChI=1S/C18H22N4O3/c1-14(20-17(23)16-5-3-11-25-16)18(24)22-9-7-21(8-10-22)13-15-4-2-6-19-12-15/h2-6,11-12,14H,7-10,13H2,1H3,(H,20,23). The lowest BCUT2D eigenvalue weighted by Gasteiger charge is -2.36. The van der Waals surface area contributed by atoms with E-state index in [1.807, 2.05) is 12.3 Å². The molecule has 0 spiro atoms. The van der Waals surface area contributed by atoms with Crippen molar-refractivity contribution < 1.29 is 14.0 Å². The number of carbonyl (C=O) groups excluding carboxylic acids is 2. The molecule has 3 rings (SSSR count). The summed E-state index contributed by atoms with van der Waals surface area (Å²) in [4.78, 5) is 32.7. The molecule has 25 heavy (non-hydrogen) atoms. The van der Waals surface area contributed by atoms with Crippen molar-refractivity contribution in [2.45, 2.75) is 19.5 Å². The first-order valence-electron chi connectivity index (χ1n) is 8.38. The summed E-state index contributed by atoms with van der Waals surface area (Å²) in [6.07, 6.45) is 5.06. The smallest absolute Gasteiger partial charge is 0.287 e. The first-order chi connectivity index (χ1) is 12.1. The van der Waals surface area contributed by atoms with Crippen molar-refractivity contribution in [2.75, 3.05) is 26.2 Å². The predicted molar refractivity (Wildman–Crippen MR) is 91.7 cm³/mol. The molecule has 1 fully saturated rings. The Morgan fingerprint density at radius 3 is 2.68 bits per heavy atom. The van der Waals surface area contributed by atoms with Crippen LogP contribution in [0.15, 0.2) is 47.3 Å². The van der Waals surface area contributed by atoms with Crippen LogP contribution in [0.2, 0.25) is 0 Å². The maximum Gasteiger partial charge on any atom is 0.287 e. The molecule has 0 bridgehead atoms. The first kappa shape index (κ1) is 17.2. The number of carbonyl (C=O) groups is 2. The van der Waals surface area contributed by atoms with Crippen LogP contribution in [0, 0.1) is 0 Å². The Labute approximate surface area is 146 Å². The molecule has 1 unspecified atom stereocenters. The number of rotatable bonds is 5. The van der Waals surface area contributed by atoms with E-state index >= 15 is 0 Å². The molecule has 1 aliphatic heterocycles. The van der Waals surface area contributed by atoms with E-state index in [1.165, 1.54) is 11.8 Å². The third-order valence-corrected chi connectivity index (χ3v) is 4.28. The van der Waals surface area contributed by atoms with Crippen LogP contribution in [0.3, 0.4) is 0 Å². The van der Waals surface area contributed by atoms with E-state index in [1.54, 1.807) is 30.2 Å². The zero-order valence-electron chi connectivity index (χ0n) is 14.2. The van der Waals surface area contributed by atoms with Crippen LogP contribution < -0.4 is 5.32 Å². The van der Waals surface area contributed by atoms with Crippen molar-refractivity contribution in [3.05, 3.63) is 54.2 Å². The number of hydrogen-bond acceptors (Lipinski definition) is 5. The lowest BCUT2D eigenvalue weighted by atomic mass is 10.2. The SMILES string of the molecule is CC(NC(=O)c1ccco1)C(=O)N1CCN(Cc2cccnc2)CC1. The molecule has 2 aromatic heterocycles. The van der Waals surface area contributed by atoms with Crippen molar-refractivity contribution in [1.29, 1.82) is 0 Å². The molecule has 0 aromatic carbocycles. The van der Waals surface area contributed by atoms with Gasteiger partial charge in [-0.25, -0.2) is 0 Å². The van der Waals surface area contributed by atoms with Gasteiger partial charge in [0.25, 0.3) is 5.91 Å². The van der Waals surface area contributed by atoms with Gasteiger partial charge < -0.3 is 14.6 Å². The van der Waals surface area contributed by atoms with Crippen LogP contribution in [0.25, 0.3) is 0 Å². The zero-order valence-corrected chi connectivity index (χ0v) is 14.2. The second kappa shape index (κ2) is 7.94. The molecule has 0 saturated carbocycles. The molecule has 1 atom stereocenters. The van der Waals surface area contributed by atoms with E-state index in [2.05, 4.69) is 21.3 Å². The van der Waals surface area contributed by atoms with Crippen LogP contribution in [-0.2, 0) is 11.3 Å². The summed E-state index contributed by atoms with van der Waals surface area (Å²) in [5.41, 5.74) is 1.17. The summed E-state index contributed by atoms with van der Waals surface area (Å²) < 4.78 is 5.04. The summed E-state index contributed by atoms with van der Waals surface area (Å²) in [7, 11) is 0. The second-order valence-electron chi connectivity index (χ2n) is 6.14. The van der Waals surface area contributed by atoms with Gasteiger partial charge in [0.1, 0.15) is 6.04 Å². The van der Waals surface area contributed by atoms with Crippen LogP contribution in [0.1, 0.15) is 23.0 Å². The number of nitrogens with zero attached hydrogens (tertiary/aromatic N) is 3. The van der Waals surface area contributed by atoms with Gasteiger partial charge in [-0.05, 0) is 30.7 Å². The topological polar surface area (TPSA) is 78.7 Å². The number of nitrogens with one attached hydrogen (secondary N) is 1. The fourth-order valence-corrected chi connectivity index (χ4v) is 2.89. The number of hydrogen-bond donors (Lipinski definition) is 1.